The number of nitrogens with zero attached hydrogens (tertiary/aromatic N) is 2. The SMILES string of the molecule is CC(=O)N1Cc2nc(C(C)C)cc(C(C)C)c2C1. The maximum atomic E-state index is 11.5. The number of rotatable bonds is 2. The van der Waals surface area contributed by atoms with E-state index < -0.39 is 0 Å². The molecule has 3 heteroatoms. The first kappa shape index (κ1) is 13.1. The third kappa shape index (κ3) is 2.26. The van der Waals surface area contributed by atoms with Crippen molar-refractivity contribution < 1.29 is 4.79 Å². The maximum absolute atomic E-state index is 11.5. The first-order valence-corrected chi connectivity index (χ1v) is 6.68. The van der Waals surface area contributed by atoms with Crippen molar-refractivity contribution in [3.8, 4) is 0 Å². The van der Waals surface area contributed by atoms with Crippen LogP contribution in [0.2, 0.25) is 0 Å². The van der Waals surface area contributed by atoms with Crippen LogP contribution < -0.4 is 0 Å². The zero-order valence-corrected chi connectivity index (χ0v) is 11.9. The molecule has 1 aliphatic heterocycles. The van der Waals surface area contributed by atoms with Crippen LogP contribution in [0.1, 0.15) is 69.0 Å². The molecular weight excluding hydrogens is 224 g/mol. The van der Waals surface area contributed by atoms with Crippen LogP contribution in [0.4, 0.5) is 0 Å². The molecule has 1 aromatic rings. The molecule has 0 saturated carbocycles. The van der Waals surface area contributed by atoms with Crippen molar-refractivity contribution in [1.82, 2.24) is 9.88 Å². The largest absolute Gasteiger partial charge is 0.333 e. The summed E-state index contributed by atoms with van der Waals surface area (Å²) in [6, 6.07) is 2.22. The van der Waals surface area contributed by atoms with Gasteiger partial charge in [-0.15, -0.1) is 0 Å². The monoisotopic (exact) mass is 246 g/mol. The van der Waals surface area contributed by atoms with Crippen LogP contribution in [0.5, 0.6) is 0 Å². The molecule has 0 spiro atoms. The van der Waals surface area contributed by atoms with Crippen LogP contribution in [0.3, 0.4) is 0 Å². The predicted molar refractivity (Wildman–Crippen MR) is 72.3 cm³/mol. The smallest absolute Gasteiger partial charge is 0.220 e. The van der Waals surface area contributed by atoms with E-state index in [2.05, 4.69) is 33.8 Å². The van der Waals surface area contributed by atoms with Crippen molar-refractivity contribution in [3.05, 3.63) is 28.6 Å². The Morgan fingerprint density at radius 3 is 2.39 bits per heavy atom. The summed E-state index contributed by atoms with van der Waals surface area (Å²) in [7, 11) is 0. The lowest BCUT2D eigenvalue weighted by molar-refractivity contribution is -0.129. The normalized spacial score (nSPS) is 14.5. The Hall–Kier alpha value is -1.38. The fourth-order valence-electron chi connectivity index (χ4n) is 2.44. The van der Waals surface area contributed by atoms with E-state index in [0.717, 1.165) is 17.9 Å². The highest BCUT2D eigenvalue weighted by molar-refractivity contribution is 5.74. The maximum Gasteiger partial charge on any atom is 0.220 e. The van der Waals surface area contributed by atoms with E-state index in [9.17, 15) is 4.79 Å². The lowest BCUT2D eigenvalue weighted by Gasteiger charge is -2.15. The molecule has 18 heavy (non-hydrogen) atoms. The minimum absolute atomic E-state index is 0.133. The molecule has 0 atom stereocenters. The first-order valence-electron chi connectivity index (χ1n) is 6.68. The highest BCUT2D eigenvalue weighted by Gasteiger charge is 2.26. The first-order chi connectivity index (χ1) is 8.40. The van der Waals surface area contributed by atoms with Crippen LogP contribution in [-0.4, -0.2) is 15.8 Å². The number of hydrogen-bond donors (Lipinski definition) is 0. The number of aromatic nitrogens is 1. The van der Waals surface area contributed by atoms with E-state index in [-0.39, 0.29) is 5.91 Å². The molecule has 1 amide bonds. The molecule has 0 bridgehead atoms. The van der Waals surface area contributed by atoms with Crippen molar-refractivity contribution >= 4 is 5.91 Å². The van der Waals surface area contributed by atoms with Gasteiger partial charge in [0.2, 0.25) is 5.91 Å². The molecule has 1 aliphatic rings. The summed E-state index contributed by atoms with van der Waals surface area (Å²) in [6.45, 7) is 11.8. The van der Waals surface area contributed by atoms with Gasteiger partial charge in [-0.1, -0.05) is 27.7 Å². The molecule has 0 aromatic carbocycles. The summed E-state index contributed by atoms with van der Waals surface area (Å²) >= 11 is 0. The second-order valence-electron chi connectivity index (χ2n) is 5.75. The number of carbonyl (C=O) groups is 1. The summed E-state index contributed by atoms with van der Waals surface area (Å²) in [4.78, 5) is 18.1. The number of pyridine rings is 1. The number of fused-ring (bicyclic) bond motifs is 1. The van der Waals surface area contributed by atoms with Crippen LogP contribution >= 0.6 is 0 Å². The van der Waals surface area contributed by atoms with Crippen molar-refractivity contribution in [2.75, 3.05) is 0 Å². The quantitative estimate of drug-likeness (QED) is 0.803. The van der Waals surface area contributed by atoms with Gasteiger partial charge in [-0.05, 0) is 29.0 Å². The van der Waals surface area contributed by atoms with E-state index in [0.29, 0.717) is 18.4 Å². The molecule has 98 valence electrons. The van der Waals surface area contributed by atoms with Crippen LogP contribution in [-0.2, 0) is 17.9 Å². The predicted octanol–water partition coefficient (Wildman–Crippen LogP) is 3.19. The Balaban J connectivity index is 2.47. The van der Waals surface area contributed by atoms with E-state index in [1.165, 1.54) is 11.1 Å². The molecule has 2 heterocycles. The van der Waals surface area contributed by atoms with E-state index in [4.69, 9.17) is 4.98 Å². The molecule has 0 aliphatic carbocycles. The molecule has 0 saturated heterocycles. The summed E-state index contributed by atoms with van der Waals surface area (Å²) in [5.41, 5.74) is 4.86. The highest BCUT2D eigenvalue weighted by atomic mass is 16.2. The molecule has 0 fully saturated rings. The topological polar surface area (TPSA) is 33.2 Å². The van der Waals surface area contributed by atoms with Gasteiger partial charge in [0.25, 0.3) is 0 Å². The second-order valence-corrected chi connectivity index (χ2v) is 5.75. The fourth-order valence-corrected chi connectivity index (χ4v) is 2.44. The van der Waals surface area contributed by atoms with Crippen LogP contribution in [0.15, 0.2) is 6.07 Å². The van der Waals surface area contributed by atoms with Gasteiger partial charge in [-0.2, -0.15) is 0 Å². The third-order valence-corrected chi connectivity index (χ3v) is 3.61. The Kier molecular flexibility index (Phi) is 3.42. The van der Waals surface area contributed by atoms with Gasteiger partial charge in [-0.25, -0.2) is 0 Å². The standard InChI is InChI=1S/C15H22N2O/c1-9(2)12-6-14(10(3)4)16-15-8-17(11(5)18)7-13(12)15/h6,9-10H,7-8H2,1-5H3. The van der Waals surface area contributed by atoms with E-state index in [1.54, 1.807) is 6.92 Å². The van der Waals surface area contributed by atoms with Gasteiger partial charge in [0, 0.05) is 19.2 Å². The van der Waals surface area contributed by atoms with E-state index >= 15 is 0 Å². The van der Waals surface area contributed by atoms with E-state index in [1.807, 2.05) is 4.90 Å². The number of carbonyl (C=O) groups excluding carboxylic acids is 1. The second kappa shape index (κ2) is 4.71. The summed E-state index contributed by atoms with van der Waals surface area (Å²) in [5, 5.41) is 0. The summed E-state index contributed by atoms with van der Waals surface area (Å²) in [5.74, 6) is 1.04. The highest BCUT2D eigenvalue weighted by Crippen LogP contribution is 2.31. The van der Waals surface area contributed by atoms with Crippen molar-refractivity contribution in [2.24, 2.45) is 0 Å². The number of hydrogen-bond acceptors (Lipinski definition) is 2. The zero-order valence-electron chi connectivity index (χ0n) is 11.9. The lowest BCUT2D eigenvalue weighted by Crippen LogP contribution is -2.22. The van der Waals surface area contributed by atoms with Crippen molar-refractivity contribution in [2.45, 2.75) is 59.5 Å². The minimum Gasteiger partial charge on any atom is -0.333 e. The van der Waals surface area contributed by atoms with Crippen LogP contribution in [0, 0.1) is 0 Å². The Morgan fingerprint density at radius 1 is 1.22 bits per heavy atom. The molecule has 1 aromatic heterocycles. The summed E-state index contributed by atoms with van der Waals surface area (Å²) < 4.78 is 0. The van der Waals surface area contributed by atoms with Crippen molar-refractivity contribution in [3.63, 3.8) is 0 Å². The van der Waals surface area contributed by atoms with Gasteiger partial charge in [0.1, 0.15) is 0 Å². The van der Waals surface area contributed by atoms with Gasteiger partial charge < -0.3 is 4.90 Å². The Morgan fingerprint density at radius 2 is 1.89 bits per heavy atom. The minimum atomic E-state index is 0.133. The molecule has 2 rings (SSSR count). The molecule has 0 radical (unpaired) electrons. The molecule has 0 unspecified atom stereocenters. The Bertz CT molecular complexity index is 478. The molecular formula is C15H22N2O. The average Bonchev–Trinajstić information content (AvgIpc) is 2.70. The summed E-state index contributed by atoms with van der Waals surface area (Å²) in [6.07, 6.45) is 0. The van der Waals surface area contributed by atoms with Gasteiger partial charge in [0.05, 0.1) is 12.2 Å². The van der Waals surface area contributed by atoms with Crippen LogP contribution in [0.25, 0.3) is 0 Å². The lowest BCUT2D eigenvalue weighted by atomic mass is 9.94. The molecule has 3 nitrogen and oxygen atoms in total. The number of amides is 1. The third-order valence-electron chi connectivity index (χ3n) is 3.61. The van der Waals surface area contributed by atoms with Crippen molar-refractivity contribution in [1.29, 1.82) is 0 Å². The fraction of sp³-hybridized carbons (Fsp3) is 0.600. The van der Waals surface area contributed by atoms with Gasteiger partial charge in [0.15, 0.2) is 0 Å². The average molecular weight is 246 g/mol. The zero-order chi connectivity index (χ0) is 13.4. The van der Waals surface area contributed by atoms with Gasteiger partial charge >= 0.3 is 0 Å². The Labute approximate surface area is 109 Å². The molecule has 0 N–H and O–H groups in total. The van der Waals surface area contributed by atoms with Gasteiger partial charge in [-0.3, -0.25) is 9.78 Å².